The molecule has 0 rings (SSSR count). The molecular formula is C64H119NO8P+. The second-order valence-electron chi connectivity index (χ2n) is 22.1. The predicted octanol–water partition coefficient (Wildman–Crippen LogP) is 19.5. The fourth-order valence-electron chi connectivity index (χ4n) is 8.70. The molecule has 0 aliphatic heterocycles. The van der Waals surface area contributed by atoms with E-state index in [1.165, 1.54) is 199 Å². The van der Waals surface area contributed by atoms with Crippen molar-refractivity contribution in [2.75, 3.05) is 47.5 Å². The molecule has 432 valence electrons. The summed E-state index contributed by atoms with van der Waals surface area (Å²) in [6.07, 6.45) is 71.5. The van der Waals surface area contributed by atoms with Crippen molar-refractivity contribution in [3.8, 4) is 0 Å². The molecule has 1 N–H and O–H groups in total. The fraction of sp³-hybridized carbons (Fsp3) is 0.812. The second kappa shape index (κ2) is 55.5. The van der Waals surface area contributed by atoms with Gasteiger partial charge >= 0.3 is 19.8 Å². The van der Waals surface area contributed by atoms with E-state index in [-0.39, 0.29) is 32.0 Å². The summed E-state index contributed by atoms with van der Waals surface area (Å²) in [5, 5.41) is 0. The number of allylic oxidation sites excluding steroid dienone is 10. The number of hydrogen-bond donors (Lipinski definition) is 1. The van der Waals surface area contributed by atoms with E-state index in [4.69, 9.17) is 18.5 Å². The van der Waals surface area contributed by atoms with Gasteiger partial charge in [-0.3, -0.25) is 18.6 Å². The highest BCUT2D eigenvalue weighted by Crippen LogP contribution is 2.43. The summed E-state index contributed by atoms with van der Waals surface area (Å²) in [7, 11) is 1.48. The zero-order valence-electron chi connectivity index (χ0n) is 49.1. The van der Waals surface area contributed by atoms with Crippen LogP contribution in [0.4, 0.5) is 0 Å². The van der Waals surface area contributed by atoms with Crippen molar-refractivity contribution in [2.45, 2.75) is 290 Å². The van der Waals surface area contributed by atoms with Crippen LogP contribution >= 0.6 is 7.82 Å². The third-order valence-corrected chi connectivity index (χ3v) is 14.5. The Labute approximate surface area is 457 Å². The summed E-state index contributed by atoms with van der Waals surface area (Å²) in [6.45, 7) is 4.44. The van der Waals surface area contributed by atoms with E-state index in [9.17, 15) is 19.0 Å². The standard InChI is InChI=1S/C64H118NO8P/c1-6-8-10-12-14-16-18-20-22-24-26-28-29-30-31-32-33-34-35-37-39-41-43-45-47-49-51-53-55-57-64(67)73-62(61-72-74(68,69)71-59-58-65(3,4)5)60-70-63(66)56-54-52-50-48-46-44-42-40-38-36-27-25-23-21-19-17-15-13-11-9-7-2/h18-21,24-27,29-30,62H,6-17,22-23,28,31-61H2,1-5H3/p+1/b20-18-,21-19-,26-24-,27-25-,30-29-. The average molecular weight is 1060 g/mol. The minimum atomic E-state index is -4.39. The van der Waals surface area contributed by atoms with Gasteiger partial charge in [0.2, 0.25) is 0 Å². The molecule has 74 heavy (non-hydrogen) atoms. The number of carbonyl (C=O) groups is 2. The van der Waals surface area contributed by atoms with Crippen molar-refractivity contribution in [1.29, 1.82) is 0 Å². The highest BCUT2D eigenvalue weighted by atomic mass is 31.2. The fourth-order valence-corrected chi connectivity index (χ4v) is 9.44. The van der Waals surface area contributed by atoms with Gasteiger partial charge in [0.05, 0.1) is 27.7 Å². The lowest BCUT2D eigenvalue weighted by Gasteiger charge is -2.24. The summed E-state index contributed by atoms with van der Waals surface area (Å²) in [6, 6.07) is 0. The molecule has 0 heterocycles. The number of nitrogens with zero attached hydrogens (tertiary/aromatic N) is 1. The van der Waals surface area contributed by atoms with Crippen molar-refractivity contribution in [3.63, 3.8) is 0 Å². The van der Waals surface area contributed by atoms with E-state index in [1.54, 1.807) is 0 Å². The monoisotopic (exact) mass is 1060 g/mol. The van der Waals surface area contributed by atoms with Crippen LogP contribution in [-0.2, 0) is 32.7 Å². The number of esters is 2. The Kier molecular flexibility index (Phi) is 53.7. The van der Waals surface area contributed by atoms with Crippen LogP contribution in [0.1, 0.15) is 284 Å². The number of quaternary nitrogens is 1. The van der Waals surface area contributed by atoms with Gasteiger partial charge in [0.1, 0.15) is 19.8 Å². The Morgan fingerprint density at radius 3 is 1.08 bits per heavy atom. The van der Waals surface area contributed by atoms with Crippen molar-refractivity contribution >= 4 is 19.8 Å². The van der Waals surface area contributed by atoms with Gasteiger partial charge in [0.25, 0.3) is 0 Å². The second-order valence-corrected chi connectivity index (χ2v) is 23.5. The van der Waals surface area contributed by atoms with Crippen LogP contribution in [0.2, 0.25) is 0 Å². The molecule has 2 atom stereocenters. The maximum absolute atomic E-state index is 12.8. The van der Waals surface area contributed by atoms with Crippen LogP contribution in [0.25, 0.3) is 0 Å². The lowest BCUT2D eigenvalue weighted by atomic mass is 10.0. The summed E-state index contributed by atoms with van der Waals surface area (Å²) >= 11 is 0. The Morgan fingerprint density at radius 2 is 0.730 bits per heavy atom. The molecule has 0 aromatic rings. The first kappa shape index (κ1) is 71.7. The van der Waals surface area contributed by atoms with Gasteiger partial charge in [-0.1, -0.05) is 248 Å². The Bertz CT molecular complexity index is 1430. The number of unbranched alkanes of at least 4 members (excludes halogenated alkanes) is 33. The van der Waals surface area contributed by atoms with Crippen molar-refractivity contribution in [2.24, 2.45) is 0 Å². The molecule has 0 spiro atoms. The summed E-state index contributed by atoms with van der Waals surface area (Å²) in [4.78, 5) is 35.7. The van der Waals surface area contributed by atoms with Crippen LogP contribution in [-0.4, -0.2) is 74.9 Å². The van der Waals surface area contributed by atoms with E-state index < -0.39 is 26.5 Å². The molecule has 10 heteroatoms. The Hall–Kier alpha value is -2.29. The quantitative estimate of drug-likeness (QED) is 0.0211. The van der Waals surface area contributed by atoms with Crippen molar-refractivity contribution < 1.29 is 42.1 Å². The van der Waals surface area contributed by atoms with Crippen molar-refractivity contribution in [1.82, 2.24) is 0 Å². The lowest BCUT2D eigenvalue weighted by molar-refractivity contribution is -0.870. The highest BCUT2D eigenvalue weighted by Gasteiger charge is 2.27. The van der Waals surface area contributed by atoms with Gasteiger partial charge in [-0.15, -0.1) is 0 Å². The van der Waals surface area contributed by atoms with E-state index in [2.05, 4.69) is 74.6 Å². The molecule has 0 saturated carbocycles. The molecule has 0 aromatic heterocycles. The zero-order chi connectivity index (χ0) is 54.2. The maximum atomic E-state index is 12.8. The minimum Gasteiger partial charge on any atom is -0.462 e. The molecular weight excluding hydrogens is 942 g/mol. The largest absolute Gasteiger partial charge is 0.472 e. The van der Waals surface area contributed by atoms with E-state index in [0.29, 0.717) is 17.4 Å². The first-order chi connectivity index (χ1) is 36.0. The van der Waals surface area contributed by atoms with Gasteiger partial charge in [0.15, 0.2) is 6.10 Å². The molecule has 0 aromatic carbocycles. The molecule has 0 amide bonds. The topological polar surface area (TPSA) is 108 Å². The number of likely N-dealkylation sites (N-methyl/N-ethyl adjacent to an activating group) is 1. The third-order valence-electron chi connectivity index (χ3n) is 13.5. The van der Waals surface area contributed by atoms with Crippen LogP contribution in [0.5, 0.6) is 0 Å². The molecule has 0 aliphatic rings. The lowest BCUT2D eigenvalue weighted by Crippen LogP contribution is -2.37. The van der Waals surface area contributed by atoms with Gasteiger partial charge in [-0.25, -0.2) is 4.57 Å². The van der Waals surface area contributed by atoms with Gasteiger partial charge in [-0.2, -0.15) is 0 Å². The van der Waals surface area contributed by atoms with Crippen LogP contribution in [0, 0.1) is 0 Å². The molecule has 0 bridgehead atoms. The SMILES string of the molecule is CCCCCCC/C=C\C/C=C\C/C=C\CCCCCCCCCCCCCCCCC(=O)OC(COC(=O)CCCCCCCCCCC/C=C\C/C=C\CCCCCCC)COP(=O)(O)OCC[N+](C)(C)C. The number of ether oxygens (including phenoxy) is 2. The van der Waals surface area contributed by atoms with Crippen molar-refractivity contribution in [3.05, 3.63) is 60.8 Å². The number of rotatable bonds is 57. The molecule has 0 radical (unpaired) electrons. The highest BCUT2D eigenvalue weighted by molar-refractivity contribution is 7.47. The zero-order valence-corrected chi connectivity index (χ0v) is 50.0. The average Bonchev–Trinajstić information content (AvgIpc) is 3.36. The van der Waals surface area contributed by atoms with Crippen LogP contribution < -0.4 is 0 Å². The van der Waals surface area contributed by atoms with E-state index in [0.717, 1.165) is 51.4 Å². The van der Waals surface area contributed by atoms with Gasteiger partial charge < -0.3 is 18.9 Å². The summed E-state index contributed by atoms with van der Waals surface area (Å²) in [5.74, 6) is -0.795. The summed E-state index contributed by atoms with van der Waals surface area (Å²) < 4.78 is 34.6. The molecule has 2 unspecified atom stereocenters. The number of phosphoric ester groups is 1. The minimum absolute atomic E-state index is 0.0300. The number of phosphoric acid groups is 1. The summed E-state index contributed by atoms with van der Waals surface area (Å²) in [5.41, 5.74) is 0. The van der Waals surface area contributed by atoms with Gasteiger partial charge in [-0.05, 0) is 83.5 Å². The number of carbonyl (C=O) groups excluding carboxylic acids is 2. The van der Waals surface area contributed by atoms with Gasteiger partial charge in [0, 0.05) is 12.8 Å². The third kappa shape index (κ3) is 59.0. The smallest absolute Gasteiger partial charge is 0.462 e. The first-order valence-corrected chi connectivity index (χ1v) is 32.5. The number of hydrogen-bond acceptors (Lipinski definition) is 7. The van der Waals surface area contributed by atoms with Crippen LogP contribution in [0.15, 0.2) is 60.8 Å². The first-order valence-electron chi connectivity index (χ1n) is 31.0. The Morgan fingerprint density at radius 1 is 0.419 bits per heavy atom. The maximum Gasteiger partial charge on any atom is 0.472 e. The van der Waals surface area contributed by atoms with E-state index >= 15 is 0 Å². The molecule has 0 fully saturated rings. The predicted molar refractivity (Wildman–Crippen MR) is 316 cm³/mol. The normalized spacial score (nSPS) is 13.6. The Balaban J connectivity index is 4.12. The van der Waals surface area contributed by atoms with E-state index in [1.807, 2.05) is 21.1 Å². The molecule has 0 aliphatic carbocycles. The molecule has 0 saturated heterocycles. The molecule has 9 nitrogen and oxygen atoms in total. The van der Waals surface area contributed by atoms with Crippen LogP contribution in [0.3, 0.4) is 0 Å².